The number of nitro groups is 1. The van der Waals surface area contributed by atoms with Gasteiger partial charge < -0.3 is 15.4 Å². The van der Waals surface area contributed by atoms with E-state index in [2.05, 4.69) is 5.43 Å². The van der Waals surface area contributed by atoms with Gasteiger partial charge in [0.1, 0.15) is 0 Å². The van der Waals surface area contributed by atoms with E-state index >= 15 is 0 Å². The second-order valence-electron chi connectivity index (χ2n) is 3.74. The molecule has 0 radical (unpaired) electrons. The third-order valence-corrected chi connectivity index (χ3v) is 2.64. The first-order chi connectivity index (χ1) is 9.04. The van der Waals surface area contributed by atoms with E-state index in [-0.39, 0.29) is 24.4 Å². The molecule has 1 amide bonds. The van der Waals surface area contributed by atoms with E-state index in [4.69, 9.17) is 10.9 Å². The zero-order chi connectivity index (χ0) is 14.4. The monoisotopic (exact) mass is 268 g/mol. The fourth-order valence-corrected chi connectivity index (χ4v) is 1.64. The highest BCUT2D eigenvalue weighted by Gasteiger charge is 2.20. The van der Waals surface area contributed by atoms with Crippen LogP contribution in [-0.2, 0) is 0 Å². The van der Waals surface area contributed by atoms with Gasteiger partial charge in [0.25, 0.3) is 11.6 Å². The van der Waals surface area contributed by atoms with Crippen LogP contribution in [0.4, 0.5) is 11.4 Å². The maximum atomic E-state index is 12.2. The Balaban J connectivity index is 3.18. The van der Waals surface area contributed by atoms with Gasteiger partial charge in [-0.3, -0.25) is 20.8 Å². The maximum absolute atomic E-state index is 12.2. The fraction of sp³-hybridized carbons (Fsp3) is 0.364. The summed E-state index contributed by atoms with van der Waals surface area (Å²) in [6, 6.07) is 3.80. The fourth-order valence-electron chi connectivity index (χ4n) is 1.64. The number of likely N-dealkylation sites (N-methyl/N-ethyl adjacent to an activating group) is 1. The molecular weight excluding hydrogens is 252 g/mol. The van der Waals surface area contributed by atoms with Gasteiger partial charge in [0, 0.05) is 25.2 Å². The van der Waals surface area contributed by atoms with E-state index in [1.165, 1.54) is 17.0 Å². The normalized spacial score (nSPS) is 10.1. The van der Waals surface area contributed by atoms with Gasteiger partial charge >= 0.3 is 0 Å². The van der Waals surface area contributed by atoms with Crippen LogP contribution in [-0.4, -0.2) is 40.5 Å². The van der Waals surface area contributed by atoms with Crippen molar-refractivity contribution >= 4 is 17.3 Å². The van der Waals surface area contributed by atoms with Crippen LogP contribution in [0.5, 0.6) is 0 Å². The lowest BCUT2D eigenvalue weighted by Gasteiger charge is -2.20. The number of amides is 1. The predicted molar refractivity (Wildman–Crippen MR) is 69.6 cm³/mol. The summed E-state index contributed by atoms with van der Waals surface area (Å²) in [5, 5.41) is 19.6. The molecule has 8 heteroatoms. The average Bonchev–Trinajstić information content (AvgIpc) is 2.43. The topological polar surface area (TPSA) is 122 Å². The molecule has 1 rings (SSSR count). The number of nitro benzene ring substituents is 1. The molecule has 0 aliphatic carbocycles. The molecule has 1 aromatic carbocycles. The molecule has 0 aromatic heterocycles. The molecule has 0 heterocycles. The van der Waals surface area contributed by atoms with Crippen LogP contribution >= 0.6 is 0 Å². The van der Waals surface area contributed by atoms with Crippen LogP contribution in [0.3, 0.4) is 0 Å². The molecule has 0 aliphatic heterocycles. The first kappa shape index (κ1) is 14.9. The van der Waals surface area contributed by atoms with Gasteiger partial charge in [-0.1, -0.05) is 0 Å². The molecule has 0 saturated heterocycles. The number of carbonyl (C=O) groups is 1. The number of non-ortho nitro benzene ring substituents is 1. The summed E-state index contributed by atoms with van der Waals surface area (Å²) >= 11 is 0. The molecule has 0 atom stereocenters. The van der Waals surface area contributed by atoms with Gasteiger partial charge in [0.15, 0.2) is 0 Å². The summed E-state index contributed by atoms with van der Waals surface area (Å²) in [5.41, 5.74) is 2.54. The smallest absolute Gasteiger partial charge is 0.270 e. The summed E-state index contributed by atoms with van der Waals surface area (Å²) in [7, 11) is 0. The Hall–Kier alpha value is -2.19. The van der Waals surface area contributed by atoms with E-state index < -0.39 is 10.8 Å². The Labute approximate surface area is 109 Å². The molecule has 0 aliphatic rings. The molecule has 0 saturated carbocycles. The van der Waals surface area contributed by atoms with Crippen molar-refractivity contribution < 1.29 is 14.8 Å². The highest BCUT2D eigenvalue weighted by atomic mass is 16.6. The lowest BCUT2D eigenvalue weighted by atomic mass is 10.1. The predicted octanol–water partition coefficient (Wildman–Crippen LogP) is 0.335. The highest BCUT2D eigenvalue weighted by molar-refractivity contribution is 6.00. The first-order valence-corrected chi connectivity index (χ1v) is 5.70. The number of aliphatic hydroxyl groups is 1. The van der Waals surface area contributed by atoms with E-state index in [0.717, 1.165) is 6.07 Å². The number of nitrogens with two attached hydrogens (primary N) is 1. The number of carbonyl (C=O) groups excluding carboxylic acids is 1. The SMILES string of the molecule is CCN(CCO)C(=O)c1cc([N+](=O)[O-])ccc1NN. The van der Waals surface area contributed by atoms with Gasteiger partial charge in [-0.05, 0) is 13.0 Å². The molecule has 19 heavy (non-hydrogen) atoms. The average molecular weight is 268 g/mol. The summed E-state index contributed by atoms with van der Waals surface area (Å²) in [6.45, 7) is 2.11. The molecule has 1 aromatic rings. The summed E-state index contributed by atoms with van der Waals surface area (Å²) in [4.78, 5) is 23.7. The second kappa shape index (κ2) is 6.66. The Bertz CT molecular complexity index is 478. The van der Waals surface area contributed by atoms with Crippen molar-refractivity contribution in [2.75, 3.05) is 25.1 Å². The van der Waals surface area contributed by atoms with E-state index in [9.17, 15) is 14.9 Å². The number of aliphatic hydroxyl groups excluding tert-OH is 1. The Kier molecular flexibility index (Phi) is 5.22. The van der Waals surface area contributed by atoms with Gasteiger partial charge in [-0.25, -0.2) is 0 Å². The van der Waals surface area contributed by atoms with Crippen molar-refractivity contribution in [3.05, 3.63) is 33.9 Å². The number of hydrazine groups is 1. The van der Waals surface area contributed by atoms with Gasteiger partial charge in [-0.2, -0.15) is 0 Å². The summed E-state index contributed by atoms with van der Waals surface area (Å²) < 4.78 is 0. The molecule has 0 fully saturated rings. The van der Waals surface area contributed by atoms with Gasteiger partial charge in [0.05, 0.1) is 22.8 Å². The summed E-state index contributed by atoms with van der Waals surface area (Å²) in [6.07, 6.45) is 0. The minimum absolute atomic E-state index is 0.104. The number of nitrogens with one attached hydrogen (secondary N) is 1. The van der Waals surface area contributed by atoms with Crippen molar-refractivity contribution in [1.29, 1.82) is 0 Å². The number of anilines is 1. The van der Waals surface area contributed by atoms with Gasteiger partial charge in [0.2, 0.25) is 0 Å². The molecule has 104 valence electrons. The third kappa shape index (κ3) is 3.39. The van der Waals surface area contributed by atoms with Crippen LogP contribution < -0.4 is 11.3 Å². The van der Waals surface area contributed by atoms with Crippen LogP contribution in [0.1, 0.15) is 17.3 Å². The van der Waals surface area contributed by atoms with Crippen LogP contribution in [0.2, 0.25) is 0 Å². The molecule has 8 nitrogen and oxygen atoms in total. The van der Waals surface area contributed by atoms with Crippen molar-refractivity contribution in [3.63, 3.8) is 0 Å². The maximum Gasteiger partial charge on any atom is 0.270 e. The third-order valence-electron chi connectivity index (χ3n) is 2.64. The Morgan fingerprint density at radius 1 is 1.58 bits per heavy atom. The molecule has 4 N–H and O–H groups in total. The van der Waals surface area contributed by atoms with Crippen molar-refractivity contribution in [2.45, 2.75) is 6.92 Å². The first-order valence-electron chi connectivity index (χ1n) is 5.70. The highest BCUT2D eigenvalue weighted by Crippen LogP contribution is 2.22. The van der Waals surface area contributed by atoms with E-state index in [1.807, 2.05) is 0 Å². The minimum Gasteiger partial charge on any atom is -0.395 e. The van der Waals surface area contributed by atoms with Crippen molar-refractivity contribution in [3.8, 4) is 0 Å². The number of rotatable bonds is 6. The summed E-state index contributed by atoms with van der Waals surface area (Å²) in [5.74, 6) is 4.87. The van der Waals surface area contributed by atoms with Crippen LogP contribution in [0.15, 0.2) is 18.2 Å². The number of hydrogen-bond donors (Lipinski definition) is 3. The zero-order valence-corrected chi connectivity index (χ0v) is 10.5. The largest absolute Gasteiger partial charge is 0.395 e. The lowest BCUT2D eigenvalue weighted by Crippen LogP contribution is -2.34. The Morgan fingerprint density at radius 2 is 2.26 bits per heavy atom. The molecular formula is C11H16N4O4. The van der Waals surface area contributed by atoms with Crippen molar-refractivity contribution in [1.82, 2.24) is 4.90 Å². The lowest BCUT2D eigenvalue weighted by molar-refractivity contribution is -0.384. The quantitative estimate of drug-likeness (QED) is 0.388. The Morgan fingerprint density at radius 3 is 2.74 bits per heavy atom. The molecule has 0 bridgehead atoms. The standard InChI is InChI=1S/C11H16N4O4/c1-2-14(5-6-16)11(17)9-7-8(15(18)19)3-4-10(9)13-12/h3-4,7,13,16H,2,5-6,12H2,1H3. The van der Waals surface area contributed by atoms with E-state index in [1.54, 1.807) is 6.92 Å². The zero-order valence-electron chi connectivity index (χ0n) is 10.5. The molecule has 0 unspecified atom stereocenters. The number of nitrogen functional groups attached to an aromatic ring is 1. The van der Waals surface area contributed by atoms with Gasteiger partial charge in [-0.15, -0.1) is 0 Å². The van der Waals surface area contributed by atoms with E-state index in [0.29, 0.717) is 12.2 Å². The number of benzene rings is 1. The minimum atomic E-state index is -0.584. The van der Waals surface area contributed by atoms with Crippen molar-refractivity contribution in [2.24, 2.45) is 5.84 Å². The van der Waals surface area contributed by atoms with Crippen LogP contribution in [0, 0.1) is 10.1 Å². The number of nitrogens with zero attached hydrogens (tertiary/aromatic N) is 2. The van der Waals surface area contributed by atoms with Crippen LogP contribution in [0.25, 0.3) is 0 Å². The number of hydrogen-bond acceptors (Lipinski definition) is 6. The second-order valence-corrected chi connectivity index (χ2v) is 3.74. The molecule has 0 spiro atoms.